The minimum absolute atomic E-state index is 0.0840. The second-order valence-electron chi connectivity index (χ2n) is 6.44. The Balaban J connectivity index is 1.54. The number of pyridine rings is 1. The number of hydrogen-bond acceptors (Lipinski definition) is 4. The maximum Gasteiger partial charge on any atom is 0.229 e. The van der Waals surface area contributed by atoms with E-state index in [-0.39, 0.29) is 18.2 Å². The van der Waals surface area contributed by atoms with E-state index in [1.54, 1.807) is 24.3 Å². The zero-order valence-corrected chi connectivity index (χ0v) is 14.9. The molecule has 1 N–H and O–H groups in total. The Morgan fingerprint density at radius 1 is 1.15 bits per heavy atom. The number of para-hydroxylation sites is 2. The Bertz CT molecular complexity index is 1010. The number of nitrogens with one attached hydrogen (secondary N) is 1. The Morgan fingerprint density at radius 3 is 2.85 bits per heavy atom. The highest BCUT2D eigenvalue weighted by Gasteiger charge is 2.36. The lowest BCUT2D eigenvalue weighted by Crippen LogP contribution is -2.28. The molecule has 3 aromatic rings. The zero-order valence-electron chi connectivity index (χ0n) is 14.9. The van der Waals surface area contributed by atoms with Crippen LogP contribution in [-0.4, -0.2) is 30.5 Å². The van der Waals surface area contributed by atoms with E-state index in [0.29, 0.717) is 23.7 Å². The van der Waals surface area contributed by atoms with Gasteiger partial charge in [-0.1, -0.05) is 18.2 Å². The average molecular weight is 361 g/mol. The van der Waals surface area contributed by atoms with Gasteiger partial charge in [-0.2, -0.15) is 0 Å². The predicted octanol–water partition coefficient (Wildman–Crippen LogP) is 3.24. The summed E-state index contributed by atoms with van der Waals surface area (Å²) in [5.74, 6) is -0.0577. The normalized spacial score (nSPS) is 16.6. The number of aromatic nitrogens is 1. The molecule has 2 heterocycles. The van der Waals surface area contributed by atoms with E-state index in [0.717, 1.165) is 10.9 Å². The molecule has 136 valence electrons. The van der Waals surface area contributed by atoms with E-state index < -0.39 is 5.92 Å². The smallest absolute Gasteiger partial charge is 0.229 e. The molecule has 0 bridgehead atoms. The summed E-state index contributed by atoms with van der Waals surface area (Å²) in [5.41, 5.74) is 2.21. The van der Waals surface area contributed by atoms with Gasteiger partial charge in [-0.05, 0) is 36.4 Å². The number of fused-ring (bicyclic) bond motifs is 1. The third kappa shape index (κ3) is 3.21. The fourth-order valence-electron chi connectivity index (χ4n) is 3.42. The highest BCUT2D eigenvalue weighted by atomic mass is 16.5. The van der Waals surface area contributed by atoms with Crippen molar-refractivity contribution >= 4 is 34.1 Å². The van der Waals surface area contributed by atoms with Gasteiger partial charge in [0.25, 0.3) is 0 Å². The van der Waals surface area contributed by atoms with Crippen molar-refractivity contribution in [1.29, 1.82) is 0 Å². The Hall–Kier alpha value is -3.41. The van der Waals surface area contributed by atoms with Crippen LogP contribution in [0.3, 0.4) is 0 Å². The van der Waals surface area contributed by atoms with Crippen LogP contribution in [-0.2, 0) is 9.59 Å². The summed E-state index contributed by atoms with van der Waals surface area (Å²) in [5, 5.41) is 3.83. The number of anilines is 2. The number of carbonyl (C=O) groups excluding carboxylic acids is 2. The summed E-state index contributed by atoms with van der Waals surface area (Å²) in [6.07, 6.45) is 1.89. The molecule has 0 radical (unpaired) electrons. The number of hydrogen-bond donors (Lipinski definition) is 1. The predicted molar refractivity (Wildman–Crippen MR) is 104 cm³/mol. The first-order valence-electron chi connectivity index (χ1n) is 8.75. The lowest BCUT2D eigenvalue weighted by Gasteiger charge is -2.19. The van der Waals surface area contributed by atoms with Crippen LogP contribution in [0.15, 0.2) is 60.8 Å². The standard InChI is InChI=1S/C21H19N3O3/c1-27-19-10-3-2-9-18(19)24-13-14(12-20(24)25)21(26)23-17-8-4-7-16-15(17)6-5-11-22-16/h2-11,14H,12-13H2,1H3,(H,23,26). The van der Waals surface area contributed by atoms with E-state index in [1.165, 1.54) is 0 Å². The molecule has 4 rings (SSSR count). The van der Waals surface area contributed by atoms with Crippen molar-refractivity contribution in [3.63, 3.8) is 0 Å². The van der Waals surface area contributed by atoms with Gasteiger partial charge >= 0.3 is 0 Å². The summed E-state index contributed by atoms with van der Waals surface area (Å²) < 4.78 is 5.34. The quantitative estimate of drug-likeness (QED) is 0.774. The second-order valence-corrected chi connectivity index (χ2v) is 6.44. The van der Waals surface area contributed by atoms with Gasteiger partial charge in [0.2, 0.25) is 11.8 Å². The van der Waals surface area contributed by atoms with Gasteiger partial charge in [0, 0.05) is 24.5 Å². The molecule has 1 unspecified atom stereocenters. The monoisotopic (exact) mass is 361 g/mol. The number of rotatable bonds is 4. The Kier molecular flexibility index (Phi) is 4.46. The average Bonchev–Trinajstić information content (AvgIpc) is 3.10. The molecule has 1 aliphatic rings. The second kappa shape index (κ2) is 7.07. The number of methoxy groups -OCH3 is 1. The molecule has 1 fully saturated rings. The van der Waals surface area contributed by atoms with Crippen molar-refractivity contribution in [2.45, 2.75) is 6.42 Å². The molecular formula is C21H19N3O3. The van der Waals surface area contributed by atoms with Crippen LogP contribution in [0.2, 0.25) is 0 Å². The van der Waals surface area contributed by atoms with Crippen molar-refractivity contribution < 1.29 is 14.3 Å². The molecule has 2 amide bonds. The van der Waals surface area contributed by atoms with Crippen LogP contribution in [0.25, 0.3) is 10.9 Å². The van der Waals surface area contributed by atoms with Crippen LogP contribution in [0.5, 0.6) is 5.75 Å². The molecule has 6 heteroatoms. The van der Waals surface area contributed by atoms with Crippen molar-refractivity contribution in [2.24, 2.45) is 5.92 Å². The van der Waals surface area contributed by atoms with Crippen molar-refractivity contribution in [2.75, 3.05) is 23.9 Å². The third-order valence-electron chi connectivity index (χ3n) is 4.78. The Morgan fingerprint density at radius 2 is 2.00 bits per heavy atom. The van der Waals surface area contributed by atoms with Gasteiger partial charge in [0.05, 0.1) is 29.9 Å². The first kappa shape index (κ1) is 17.0. The van der Waals surface area contributed by atoms with E-state index in [1.807, 2.05) is 48.5 Å². The number of nitrogens with zero attached hydrogens (tertiary/aromatic N) is 2. The highest BCUT2D eigenvalue weighted by Crippen LogP contribution is 2.33. The molecule has 0 aliphatic carbocycles. The van der Waals surface area contributed by atoms with E-state index in [4.69, 9.17) is 4.74 Å². The molecule has 0 spiro atoms. The largest absolute Gasteiger partial charge is 0.495 e. The van der Waals surface area contributed by atoms with Crippen LogP contribution >= 0.6 is 0 Å². The minimum Gasteiger partial charge on any atom is -0.495 e. The molecule has 1 saturated heterocycles. The first-order valence-corrected chi connectivity index (χ1v) is 8.75. The van der Waals surface area contributed by atoms with Crippen LogP contribution in [0.4, 0.5) is 11.4 Å². The maximum absolute atomic E-state index is 12.8. The SMILES string of the molecule is COc1ccccc1N1CC(C(=O)Nc2cccc3ncccc23)CC1=O. The minimum atomic E-state index is -0.422. The van der Waals surface area contributed by atoms with E-state index in [9.17, 15) is 9.59 Å². The lowest BCUT2D eigenvalue weighted by molar-refractivity contribution is -0.122. The third-order valence-corrected chi connectivity index (χ3v) is 4.78. The zero-order chi connectivity index (χ0) is 18.8. The lowest BCUT2D eigenvalue weighted by atomic mass is 10.1. The summed E-state index contributed by atoms with van der Waals surface area (Å²) in [7, 11) is 1.57. The van der Waals surface area contributed by atoms with Crippen molar-refractivity contribution in [3.8, 4) is 5.75 Å². The van der Waals surface area contributed by atoms with Crippen LogP contribution < -0.4 is 15.0 Å². The molecule has 1 atom stereocenters. The number of ether oxygens (including phenoxy) is 1. The Labute approximate surface area is 156 Å². The molecule has 1 aromatic heterocycles. The van der Waals surface area contributed by atoms with Gasteiger partial charge in [0.15, 0.2) is 0 Å². The summed E-state index contributed by atoms with van der Waals surface area (Å²) in [4.78, 5) is 31.2. The summed E-state index contributed by atoms with van der Waals surface area (Å²) in [6.45, 7) is 0.327. The molecule has 2 aromatic carbocycles. The van der Waals surface area contributed by atoms with Gasteiger partial charge in [-0.3, -0.25) is 14.6 Å². The number of benzene rings is 2. The molecule has 27 heavy (non-hydrogen) atoms. The number of carbonyl (C=O) groups is 2. The van der Waals surface area contributed by atoms with Crippen LogP contribution in [0, 0.1) is 5.92 Å². The fourth-order valence-corrected chi connectivity index (χ4v) is 3.42. The fraction of sp³-hybridized carbons (Fsp3) is 0.190. The highest BCUT2D eigenvalue weighted by molar-refractivity contribution is 6.06. The topological polar surface area (TPSA) is 71.5 Å². The van der Waals surface area contributed by atoms with Crippen molar-refractivity contribution in [3.05, 3.63) is 60.8 Å². The van der Waals surface area contributed by atoms with Crippen LogP contribution in [0.1, 0.15) is 6.42 Å². The summed E-state index contributed by atoms with van der Waals surface area (Å²) >= 11 is 0. The van der Waals surface area contributed by atoms with Gasteiger partial charge in [0.1, 0.15) is 5.75 Å². The van der Waals surface area contributed by atoms with E-state index in [2.05, 4.69) is 10.3 Å². The van der Waals surface area contributed by atoms with Gasteiger partial charge in [-0.25, -0.2) is 0 Å². The molecular weight excluding hydrogens is 342 g/mol. The molecule has 6 nitrogen and oxygen atoms in total. The molecule has 0 saturated carbocycles. The maximum atomic E-state index is 12.8. The van der Waals surface area contributed by atoms with Gasteiger partial charge < -0.3 is 15.0 Å². The summed E-state index contributed by atoms with van der Waals surface area (Å²) in [6, 6.07) is 16.7. The number of amides is 2. The van der Waals surface area contributed by atoms with Crippen molar-refractivity contribution in [1.82, 2.24) is 4.98 Å². The first-order chi connectivity index (χ1) is 13.2. The van der Waals surface area contributed by atoms with E-state index >= 15 is 0 Å². The molecule has 1 aliphatic heterocycles. The van der Waals surface area contributed by atoms with Gasteiger partial charge in [-0.15, -0.1) is 0 Å².